The van der Waals surface area contributed by atoms with Crippen LogP contribution in [0.25, 0.3) is 0 Å². The van der Waals surface area contributed by atoms with Crippen molar-refractivity contribution in [3.63, 3.8) is 0 Å². The summed E-state index contributed by atoms with van der Waals surface area (Å²) in [7, 11) is -2.09. The molecule has 9 nitrogen and oxygen atoms in total. The Morgan fingerprint density at radius 3 is 2.12 bits per heavy atom. The van der Waals surface area contributed by atoms with E-state index in [9.17, 15) is 26.4 Å². The summed E-state index contributed by atoms with van der Waals surface area (Å²) in [5, 5.41) is 22.8. The number of ether oxygens (including phenoxy) is 1. The van der Waals surface area contributed by atoms with Crippen molar-refractivity contribution in [2.75, 3.05) is 19.4 Å². The van der Waals surface area contributed by atoms with Crippen LogP contribution in [0, 0.1) is 0 Å². The van der Waals surface area contributed by atoms with Crippen molar-refractivity contribution in [3.05, 3.63) is 59.2 Å². The standard InChI is InChI=1S/C27H38N2O5S.C2HF3O2/c1-4-6-13-27(14-7-5-2)19-35(32,33)24-15-21(17-28-18-25(30)31)23(34-3)16-22(24)26(29-27)20-11-9-8-10-12-20;3-2(4,5)1(6)7/h8-12,15-16,26,28-29H,4-7,13-14,17-19H2,1-3H3,(H,30,31);(H,6,7). The van der Waals surface area contributed by atoms with E-state index in [0.29, 0.717) is 21.8 Å². The first-order chi connectivity index (χ1) is 19.7. The average molecular weight is 617 g/mol. The molecule has 1 aliphatic rings. The number of alkyl halides is 3. The number of carboxylic acids is 2. The van der Waals surface area contributed by atoms with Crippen LogP contribution in [0.3, 0.4) is 0 Å². The number of carboxylic acid groups (broad SMARTS) is 2. The minimum absolute atomic E-state index is 0.0324. The molecule has 2 aromatic rings. The number of rotatable bonds is 12. The van der Waals surface area contributed by atoms with Crippen LogP contribution in [-0.4, -0.2) is 61.7 Å². The third-order valence-corrected chi connectivity index (χ3v) is 8.92. The summed E-state index contributed by atoms with van der Waals surface area (Å²) in [6, 6.07) is 13.1. The van der Waals surface area contributed by atoms with Crippen LogP contribution in [-0.2, 0) is 26.0 Å². The zero-order chi connectivity index (χ0) is 31.6. The predicted octanol–water partition coefficient (Wildman–Crippen LogP) is 5.09. The molecule has 1 atom stereocenters. The molecular weight excluding hydrogens is 577 g/mol. The van der Waals surface area contributed by atoms with Crippen molar-refractivity contribution in [1.29, 1.82) is 0 Å². The lowest BCUT2D eigenvalue weighted by molar-refractivity contribution is -0.192. The van der Waals surface area contributed by atoms with E-state index in [2.05, 4.69) is 24.5 Å². The molecular formula is C29H39F3N2O7S. The van der Waals surface area contributed by atoms with Crippen molar-refractivity contribution in [1.82, 2.24) is 10.6 Å². The van der Waals surface area contributed by atoms with Gasteiger partial charge >= 0.3 is 18.1 Å². The largest absolute Gasteiger partial charge is 0.496 e. The first-order valence-electron chi connectivity index (χ1n) is 13.7. The number of methoxy groups -OCH3 is 1. The summed E-state index contributed by atoms with van der Waals surface area (Å²) in [5.41, 5.74) is 1.75. The van der Waals surface area contributed by atoms with Gasteiger partial charge in [-0.05, 0) is 36.1 Å². The van der Waals surface area contributed by atoms with E-state index >= 15 is 0 Å². The van der Waals surface area contributed by atoms with Gasteiger partial charge in [0.05, 0.1) is 30.3 Å². The van der Waals surface area contributed by atoms with Gasteiger partial charge in [-0.1, -0.05) is 69.9 Å². The maximum atomic E-state index is 14.0. The Morgan fingerprint density at radius 1 is 1.07 bits per heavy atom. The minimum Gasteiger partial charge on any atom is -0.496 e. The second-order valence-corrected chi connectivity index (χ2v) is 12.2. The van der Waals surface area contributed by atoms with E-state index in [4.69, 9.17) is 19.7 Å². The van der Waals surface area contributed by atoms with Crippen molar-refractivity contribution in [2.45, 2.75) is 81.6 Å². The van der Waals surface area contributed by atoms with Gasteiger partial charge in [-0.15, -0.1) is 0 Å². The first-order valence-corrected chi connectivity index (χ1v) is 15.3. The molecule has 234 valence electrons. The van der Waals surface area contributed by atoms with Gasteiger partial charge in [-0.3, -0.25) is 10.1 Å². The van der Waals surface area contributed by atoms with Crippen molar-refractivity contribution in [2.24, 2.45) is 0 Å². The smallest absolute Gasteiger partial charge is 0.490 e. The zero-order valence-electron chi connectivity index (χ0n) is 24.0. The number of sulfone groups is 1. The fourth-order valence-corrected chi connectivity index (χ4v) is 7.08. The van der Waals surface area contributed by atoms with E-state index in [-0.39, 0.29) is 24.9 Å². The Kier molecular flexibility index (Phi) is 12.8. The number of unbranched alkanes of at least 4 members (excludes halogenated alkanes) is 2. The highest BCUT2D eigenvalue weighted by Gasteiger charge is 2.43. The lowest BCUT2D eigenvalue weighted by atomic mass is 9.86. The Morgan fingerprint density at radius 2 is 1.64 bits per heavy atom. The SMILES string of the molecule is CCCCC1(CCCC)CS(=O)(=O)c2cc(CNCC(=O)O)c(OC)cc2C(c2ccccc2)N1.O=C(O)C(F)(F)F. The molecule has 1 unspecified atom stereocenters. The summed E-state index contributed by atoms with van der Waals surface area (Å²) in [4.78, 5) is 20.2. The highest BCUT2D eigenvalue weighted by Crippen LogP contribution is 2.41. The molecule has 0 saturated carbocycles. The Balaban J connectivity index is 0.000000782. The second-order valence-electron chi connectivity index (χ2n) is 10.2. The number of benzene rings is 2. The lowest BCUT2D eigenvalue weighted by Gasteiger charge is -2.37. The number of carbonyl (C=O) groups is 2. The third-order valence-electron chi connectivity index (χ3n) is 6.96. The number of nitrogens with one attached hydrogen (secondary N) is 2. The second kappa shape index (κ2) is 15.4. The van der Waals surface area contributed by atoms with Crippen LogP contribution in [0.1, 0.15) is 75.1 Å². The molecule has 3 rings (SSSR count). The van der Waals surface area contributed by atoms with Gasteiger partial charge in [0.25, 0.3) is 0 Å². The molecule has 0 bridgehead atoms. The van der Waals surface area contributed by atoms with Crippen LogP contribution in [0.4, 0.5) is 13.2 Å². The quantitative estimate of drug-likeness (QED) is 0.257. The van der Waals surface area contributed by atoms with E-state index in [1.54, 1.807) is 13.2 Å². The fraction of sp³-hybridized carbons (Fsp3) is 0.517. The van der Waals surface area contributed by atoms with E-state index in [1.807, 2.05) is 36.4 Å². The van der Waals surface area contributed by atoms with Gasteiger partial charge < -0.3 is 20.3 Å². The summed E-state index contributed by atoms with van der Waals surface area (Å²) in [6.45, 7) is 4.23. The van der Waals surface area contributed by atoms with Gasteiger partial charge in [0.15, 0.2) is 9.84 Å². The van der Waals surface area contributed by atoms with E-state index in [1.165, 1.54) is 0 Å². The topological polar surface area (TPSA) is 142 Å². The Bertz CT molecular complexity index is 1290. The zero-order valence-corrected chi connectivity index (χ0v) is 24.8. The number of halogens is 3. The van der Waals surface area contributed by atoms with Crippen LogP contribution >= 0.6 is 0 Å². The molecule has 0 radical (unpaired) electrons. The molecule has 0 aliphatic carbocycles. The van der Waals surface area contributed by atoms with Gasteiger partial charge in [0, 0.05) is 17.6 Å². The summed E-state index contributed by atoms with van der Waals surface area (Å²) in [6.07, 6.45) is 0.349. The number of hydrogen-bond acceptors (Lipinski definition) is 7. The van der Waals surface area contributed by atoms with Crippen molar-refractivity contribution < 1.29 is 46.1 Å². The highest BCUT2D eigenvalue weighted by atomic mass is 32.2. The molecule has 0 spiro atoms. The lowest BCUT2D eigenvalue weighted by Crippen LogP contribution is -2.50. The number of aliphatic carboxylic acids is 2. The van der Waals surface area contributed by atoms with Crippen molar-refractivity contribution >= 4 is 21.8 Å². The van der Waals surface area contributed by atoms with Crippen LogP contribution in [0.15, 0.2) is 47.4 Å². The maximum Gasteiger partial charge on any atom is 0.490 e. The molecule has 0 saturated heterocycles. The molecule has 1 heterocycles. The predicted molar refractivity (Wildman–Crippen MR) is 151 cm³/mol. The van der Waals surface area contributed by atoms with Gasteiger partial charge in [-0.2, -0.15) is 13.2 Å². The fourth-order valence-electron chi connectivity index (χ4n) is 4.96. The average Bonchev–Trinajstić information content (AvgIpc) is 3.02. The third kappa shape index (κ3) is 9.70. The Hall–Kier alpha value is -3.16. The van der Waals surface area contributed by atoms with Crippen LogP contribution in [0.2, 0.25) is 0 Å². The molecule has 0 aromatic heterocycles. The van der Waals surface area contributed by atoms with E-state index < -0.39 is 33.5 Å². The van der Waals surface area contributed by atoms with E-state index in [0.717, 1.165) is 44.1 Å². The number of fused-ring (bicyclic) bond motifs is 1. The monoisotopic (exact) mass is 616 g/mol. The summed E-state index contributed by atoms with van der Waals surface area (Å²) >= 11 is 0. The molecule has 42 heavy (non-hydrogen) atoms. The molecule has 0 fully saturated rings. The first kappa shape index (κ1) is 35.0. The molecule has 0 amide bonds. The summed E-state index contributed by atoms with van der Waals surface area (Å²) in [5.74, 6) is -3.16. The maximum absolute atomic E-state index is 14.0. The Labute approximate surface area is 244 Å². The molecule has 13 heteroatoms. The highest BCUT2D eigenvalue weighted by molar-refractivity contribution is 7.91. The normalized spacial score (nSPS) is 17.2. The molecule has 2 aromatic carbocycles. The van der Waals surface area contributed by atoms with Crippen LogP contribution in [0.5, 0.6) is 5.75 Å². The summed E-state index contributed by atoms with van der Waals surface area (Å²) < 4.78 is 65.3. The van der Waals surface area contributed by atoms with Gasteiger partial charge in [0.1, 0.15) is 5.75 Å². The number of hydrogen-bond donors (Lipinski definition) is 4. The van der Waals surface area contributed by atoms with Crippen molar-refractivity contribution in [3.8, 4) is 5.75 Å². The van der Waals surface area contributed by atoms with Gasteiger partial charge in [0.2, 0.25) is 0 Å². The molecule has 1 aliphatic heterocycles. The van der Waals surface area contributed by atoms with Crippen LogP contribution < -0.4 is 15.4 Å². The minimum atomic E-state index is -5.08. The van der Waals surface area contributed by atoms with Gasteiger partial charge in [-0.25, -0.2) is 13.2 Å². The molecule has 4 N–H and O–H groups in total.